The molecule has 0 amide bonds. The van der Waals surface area contributed by atoms with Gasteiger partial charge in [-0.3, -0.25) is 14.4 Å². The predicted molar refractivity (Wildman–Crippen MR) is 103 cm³/mol. The van der Waals surface area contributed by atoms with Crippen LogP contribution >= 0.6 is 0 Å². The van der Waals surface area contributed by atoms with E-state index in [9.17, 15) is 14.4 Å². The second-order valence-corrected chi connectivity index (χ2v) is 7.32. The summed E-state index contributed by atoms with van der Waals surface area (Å²) >= 11 is 0. The van der Waals surface area contributed by atoms with Crippen molar-refractivity contribution in [1.29, 1.82) is 0 Å². The number of carbonyl (C=O) groups excluding carboxylic acids is 1. The molecule has 1 unspecified atom stereocenters. The highest BCUT2D eigenvalue weighted by Crippen LogP contribution is 2.15. The van der Waals surface area contributed by atoms with Crippen molar-refractivity contribution in [2.75, 3.05) is 0 Å². The fourth-order valence-corrected chi connectivity index (χ4v) is 3.15. The average Bonchev–Trinajstić information content (AvgIpc) is 2.59. The third-order valence-electron chi connectivity index (χ3n) is 4.91. The highest BCUT2D eigenvalue weighted by Gasteiger charge is 2.18. The van der Waals surface area contributed by atoms with Gasteiger partial charge in [0.25, 0.3) is 0 Å². The number of hydrogen-bond acceptors (Lipinski definition) is 3. The Bertz CT molecular complexity index is 392. The Labute approximate surface area is 158 Å². The predicted octanol–water partition coefficient (Wildman–Crippen LogP) is 5.60. The van der Waals surface area contributed by atoms with E-state index >= 15 is 0 Å². The number of unbranched alkanes of at least 4 members (excludes halogenated alkanes) is 11. The summed E-state index contributed by atoms with van der Waals surface area (Å²) in [5.41, 5.74) is 0. The Morgan fingerprint density at radius 2 is 1.04 bits per heavy atom. The first kappa shape index (κ1) is 24.6. The van der Waals surface area contributed by atoms with Gasteiger partial charge < -0.3 is 10.2 Å². The first-order valence-electron chi connectivity index (χ1n) is 10.4. The highest BCUT2D eigenvalue weighted by atomic mass is 16.4. The standard InChI is InChI=1S/C21H38O5/c1-2-18(21(25)26)17-19(22)15-13-11-9-7-5-3-4-6-8-10-12-14-16-20(23)24/h18H,2-17H2,1H3,(H,23,24)(H,25,26). The van der Waals surface area contributed by atoms with Crippen molar-refractivity contribution in [2.24, 2.45) is 5.92 Å². The fourth-order valence-electron chi connectivity index (χ4n) is 3.15. The van der Waals surface area contributed by atoms with E-state index < -0.39 is 17.9 Å². The quantitative estimate of drug-likeness (QED) is 0.289. The van der Waals surface area contributed by atoms with Gasteiger partial charge in [0, 0.05) is 19.3 Å². The number of carbonyl (C=O) groups is 3. The number of Topliss-reactive ketones (excluding diaryl/α,β-unsaturated/α-hetero) is 1. The van der Waals surface area contributed by atoms with Gasteiger partial charge >= 0.3 is 11.9 Å². The van der Waals surface area contributed by atoms with E-state index in [1.54, 1.807) is 0 Å². The molecule has 0 bridgehead atoms. The second-order valence-electron chi connectivity index (χ2n) is 7.32. The summed E-state index contributed by atoms with van der Waals surface area (Å²) in [6.07, 6.45) is 15.0. The number of carboxylic acids is 2. The smallest absolute Gasteiger partial charge is 0.306 e. The summed E-state index contributed by atoms with van der Waals surface area (Å²) < 4.78 is 0. The van der Waals surface area contributed by atoms with Crippen molar-refractivity contribution < 1.29 is 24.6 Å². The number of rotatable bonds is 19. The van der Waals surface area contributed by atoms with Gasteiger partial charge in [-0.25, -0.2) is 0 Å². The van der Waals surface area contributed by atoms with Crippen LogP contribution in [0.1, 0.15) is 110 Å². The Hall–Kier alpha value is -1.39. The zero-order valence-corrected chi connectivity index (χ0v) is 16.5. The molecular formula is C21H38O5. The van der Waals surface area contributed by atoms with Crippen LogP contribution in [-0.4, -0.2) is 27.9 Å². The monoisotopic (exact) mass is 370 g/mol. The van der Waals surface area contributed by atoms with E-state index in [1.807, 2.05) is 6.92 Å². The van der Waals surface area contributed by atoms with E-state index in [2.05, 4.69) is 0 Å². The molecule has 0 aromatic rings. The van der Waals surface area contributed by atoms with E-state index in [1.165, 1.54) is 38.5 Å². The van der Waals surface area contributed by atoms with Crippen molar-refractivity contribution in [3.8, 4) is 0 Å². The Morgan fingerprint density at radius 3 is 1.38 bits per heavy atom. The summed E-state index contributed by atoms with van der Waals surface area (Å²) in [7, 11) is 0. The third kappa shape index (κ3) is 16.1. The molecule has 0 aromatic heterocycles. The topological polar surface area (TPSA) is 91.7 Å². The first-order valence-corrected chi connectivity index (χ1v) is 10.4. The maximum absolute atomic E-state index is 11.8. The molecule has 0 fully saturated rings. The van der Waals surface area contributed by atoms with E-state index in [0.717, 1.165) is 38.5 Å². The molecule has 0 aliphatic heterocycles. The average molecular weight is 371 g/mol. The van der Waals surface area contributed by atoms with Crippen molar-refractivity contribution in [2.45, 2.75) is 110 Å². The van der Waals surface area contributed by atoms with Crippen LogP contribution < -0.4 is 0 Å². The van der Waals surface area contributed by atoms with Crippen LogP contribution in [0.3, 0.4) is 0 Å². The molecule has 2 N–H and O–H groups in total. The Kier molecular flexibility index (Phi) is 16.1. The summed E-state index contributed by atoms with van der Waals surface area (Å²) in [4.78, 5) is 33.0. The first-order chi connectivity index (χ1) is 12.5. The van der Waals surface area contributed by atoms with Crippen LogP contribution in [0.2, 0.25) is 0 Å². The highest BCUT2D eigenvalue weighted by molar-refractivity contribution is 5.83. The SMILES string of the molecule is CCC(CC(=O)CCCCCCCCCCCCCCC(=O)O)C(=O)O. The molecule has 0 radical (unpaired) electrons. The van der Waals surface area contributed by atoms with Gasteiger partial charge in [0.2, 0.25) is 0 Å². The zero-order chi connectivity index (χ0) is 19.6. The van der Waals surface area contributed by atoms with E-state index in [4.69, 9.17) is 10.2 Å². The summed E-state index contributed by atoms with van der Waals surface area (Å²) in [5, 5.41) is 17.5. The molecule has 5 heteroatoms. The molecule has 0 heterocycles. The molecular weight excluding hydrogens is 332 g/mol. The molecule has 0 saturated heterocycles. The van der Waals surface area contributed by atoms with Gasteiger partial charge in [0.15, 0.2) is 0 Å². The van der Waals surface area contributed by atoms with Crippen LogP contribution in [-0.2, 0) is 14.4 Å². The van der Waals surface area contributed by atoms with Crippen LogP contribution in [0.5, 0.6) is 0 Å². The number of ketones is 1. The molecule has 1 atom stereocenters. The second kappa shape index (κ2) is 17.0. The molecule has 26 heavy (non-hydrogen) atoms. The lowest BCUT2D eigenvalue weighted by atomic mass is 9.97. The van der Waals surface area contributed by atoms with Crippen LogP contribution in [0.15, 0.2) is 0 Å². The van der Waals surface area contributed by atoms with Gasteiger partial charge in [-0.2, -0.15) is 0 Å². The molecule has 0 rings (SSSR count). The number of carboxylic acid groups (broad SMARTS) is 2. The van der Waals surface area contributed by atoms with Gasteiger partial charge in [0.1, 0.15) is 5.78 Å². The van der Waals surface area contributed by atoms with Crippen molar-refractivity contribution in [1.82, 2.24) is 0 Å². The van der Waals surface area contributed by atoms with E-state index in [0.29, 0.717) is 19.3 Å². The minimum Gasteiger partial charge on any atom is -0.481 e. The lowest BCUT2D eigenvalue weighted by molar-refractivity contribution is -0.144. The summed E-state index contributed by atoms with van der Waals surface area (Å²) in [6.45, 7) is 1.81. The number of hydrogen-bond donors (Lipinski definition) is 2. The molecule has 0 aromatic carbocycles. The van der Waals surface area contributed by atoms with Gasteiger partial charge in [-0.05, 0) is 19.3 Å². The summed E-state index contributed by atoms with van der Waals surface area (Å²) in [6, 6.07) is 0. The number of aliphatic carboxylic acids is 2. The molecule has 0 aliphatic rings. The fraction of sp³-hybridized carbons (Fsp3) is 0.857. The van der Waals surface area contributed by atoms with Crippen molar-refractivity contribution in [3.63, 3.8) is 0 Å². The van der Waals surface area contributed by atoms with Crippen molar-refractivity contribution >= 4 is 17.7 Å². The van der Waals surface area contributed by atoms with Crippen LogP contribution in [0.25, 0.3) is 0 Å². The molecule has 0 spiro atoms. The van der Waals surface area contributed by atoms with E-state index in [-0.39, 0.29) is 12.2 Å². The maximum atomic E-state index is 11.8. The third-order valence-corrected chi connectivity index (χ3v) is 4.91. The lowest BCUT2D eigenvalue weighted by Crippen LogP contribution is -2.17. The van der Waals surface area contributed by atoms with Gasteiger partial charge in [0.05, 0.1) is 5.92 Å². The maximum Gasteiger partial charge on any atom is 0.306 e. The minimum atomic E-state index is -0.860. The van der Waals surface area contributed by atoms with Gasteiger partial charge in [-0.15, -0.1) is 0 Å². The zero-order valence-electron chi connectivity index (χ0n) is 16.5. The van der Waals surface area contributed by atoms with Crippen LogP contribution in [0, 0.1) is 5.92 Å². The van der Waals surface area contributed by atoms with Gasteiger partial charge in [-0.1, -0.05) is 71.1 Å². The normalized spacial score (nSPS) is 12.0. The largest absolute Gasteiger partial charge is 0.481 e. The minimum absolute atomic E-state index is 0.0857. The Balaban J connectivity index is 3.30. The Morgan fingerprint density at radius 1 is 0.654 bits per heavy atom. The van der Waals surface area contributed by atoms with Crippen molar-refractivity contribution in [3.05, 3.63) is 0 Å². The molecule has 0 aliphatic carbocycles. The molecule has 152 valence electrons. The molecule has 0 saturated carbocycles. The van der Waals surface area contributed by atoms with Crippen LogP contribution in [0.4, 0.5) is 0 Å². The summed E-state index contributed by atoms with van der Waals surface area (Å²) in [5.74, 6) is -1.98. The lowest BCUT2D eigenvalue weighted by Gasteiger charge is -2.08. The molecule has 5 nitrogen and oxygen atoms in total.